The summed E-state index contributed by atoms with van der Waals surface area (Å²) in [5, 5.41) is 8.01. The molecule has 45 valence electrons. The molecule has 4 heteroatoms. The van der Waals surface area contributed by atoms with Gasteiger partial charge >= 0.3 is 5.97 Å². The van der Waals surface area contributed by atoms with Crippen molar-refractivity contribution >= 4 is 12.3 Å². The van der Waals surface area contributed by atoms with Gasteiger partial charge < -0.3 is 10.8 Å². The summed E-state index contributed by atoms with van der Waals surface area (Å²) in [4.78, 5) is 19.2. The summed E-state index contributed by atoms with van der Waals surface area (Å²) in [6.07, 6.45) is 1.15. The molecule has 0 spiro atoms. The van der Waals surface area contributed by atoms with E-state index in [0.717, 1.165) is 0 Å². The monoisotopic (exact) mass is 116 g/mol. The van der Waals surface area contributed by atoms with E-state index in [1.165, 1.54) is 6.29 Å². The first-order valence-electron chi connectivity index (χ1n) is 2.02. The molecular formula is C4H6NO3. The van der Waals surface area contributed by atoms with E-state index in [9.17, 15) is 9.59 Å². The van der Waals surface area contributed by atoms with Crippen molar-refractivity contribution in [1.82, 2.24) is 0 Å². The maximum Gasteiger partial charge on any atom is 0.320 e. The number of hydrogen-bond acceptors (Lipinski definition) is 3. The molecular weight excluding hydrogens is 110 g/mol. The van der Waals surface area contributed by atoms with Crippen molar-refractivity contribution in [3.63, 3.8) is 0 Å². The second-order valence-electron chi connectivity index (χ2n) is 1.29. The molecule has 0 aromatic carbocycles. The van der Waals surface area contributed by atoms with Gasteiger partial charge in [0.25, 0.3) is 0 Å². The van der Waals surface area contributed by atoms with Gasteiger partial charge in [-0.1, -0.05) is 0 Å². The second-order valence-corrected chi connectivity index (χ2v) is 1.29. The molecule has 8 heavy (non-hydrogen) atoms. The fourth-order valence-electron chi connectivity index (χ4n) is 0.177. The lowest BCUT2D eigenvalue weighted by Crippen LogP contribution is -2.30. The average molecular weight is 116 g/mol. The molecule has 0 saturated heterocycles. The van der Waals surface area contributed by atoms with Gasteiger partial charge in [-0.15, -0.1) is 0 Å². The van der Waals surface area contributed by atoms with Crippen LogP contribution >= 0.6 is 0 Å². The van der Waals surface area contributed by atoms with Gasteiger partial charge in [-0.05, 0) is 0 Å². The number of nitrogens with two attached hydrogens (primary N) is 1. The Labute approximate surface area is 46.3 Å². The molecule has 0 aromatic heterocycles. The molecule has 0 aliphatic heterocycles. The molecule has 0 rings (SSSR count). The zero-order chi connectivity index (χ0) is 6.57. The Balaban J connectivity index is 3.46. The van der Waals surface area contributed by atoms with Crippen LogP contribution in [0.1, 0.15) is 6.42 Å². The van der Waals surface area contributed by atoms with E-state index in [1.54, 1.807) is 0 Å². The van der Waals surface area contributed by atoms with Gasteiger partial charge in [-0.25, -0.2) is 0 Å². The summed E-state index contributed by atoms with van der Waals surface area (Å²) in [6.45, 7) is 0. The zero-order valence-corrected chi connectivity index (χ0v) is 4.13. The standard InChI is InChI=1S/C4H6NO3/c5-3(1-2-6)4(7)8/h3H,1,5H2,(H,7,8)/t3-/m0/s1. The molecule has 0 heterocycles. The Bertz CT molecular complexity index is 101. The van der Waals surface area contributed by atoms with E-state index in [1.807, 2.05) is 0 Å². The number of carboxylic acids is 1. The van der Waals surface area contributed by atoms with Crippen LogP contribution in [0.25, 0.3) is 0 Å². The van der Waals surface area contributed by atoms with Gasteiger partial charge in [0, 0.05) is 6.42 Å². The molecule has 3 N–H and O–H groups in total. The van der Waals surface area contributed by atoms with E-state index in [4.69, 9.17) is 10.8 Å². The third-order valence-corrected chi connectivity index (χ3v) is 0.620. The third kappa shape index (κ3) is 2.30. The van der Waals surface area contributed by atoms with Crippen LogP contribution in [0.15, 0.2) is 0 Å². The van der Waals surface area contributed by atoms with Crippen molar-refractivity contribution in [1.29, 1.82) is 0 Å². The van der Waals surface area contributed by atoms with E-state index < -0.39 is 12.0 Å². The highest BCUT2D eigenvalue weighted by atomic mass is 16.4. The maximum atomic E-state index is 9.79. The lowest BCUT2D eigenvalue weighted by atomic mass is 10.2. The summed E-state index contributed by atoms with van der Waals surface area (Å²) in [5.74, 6) is -1.17. The molecule has 1 radical (unpaired) electrons. The minimum absolute atomic E-state index is 0.241. The molecule has 0 unspecified atom stereocenters. The summed E-state index contributed by atoms with van der Waals surface area (Å²) in [5.41, 5.74) is 4.86. The Morgan fingerprint density at radius 3 is 2.50 bits per heavy atom. The van der Waals surface area contributed by atoms with Gasteiger partial charge in [0.1, 0.15) is 6.04 Å². The average Bonchev–Trinajstić information content (AvgIpc) is 1.67. The highest BCUT2D eigenvalue weighted by molar-refractivity contribution is 5.76. The predicted octanol–water partition coefficient (Wildman–Crippen LogP) is -1.10. The van der Waals surface area contributed by atoms with Crippen molar-refractivity contribution in [3.05, 3.63) is 0 Å². The topological polar surface area (TPSA) is 80.4 Å². The summed E-state index contributed by atoms with van der Waals surface area (Å²) in [6, 6.07) is -1.09. The number of hydrogen-bond donors (Lipinski definition) is 2. The molecule has 0 fully saturated rings. The van der Waals surface area contributed by atoms with Crippen LogP contribution in [-0.4, -0.2) is 23.4 Å². The van der Waals surface area contributed by atoms with Crippen LogP contribution < -0.4 is 5.73 Å². The number of aliphatic carboxylic acids is 1. The van der Waals surface area contributed by atoms with E-state index in [0.29, 0.717) is 0 Å². The lowest BCUT2D eigenvalue weighted by Gasteiger charge is -1.95. The smallest absolute Gasteiger partial charge is 0.320 e. The number of carbonyl (C=O) groups excluding carboxylic acids is 1. The van der Waals surface area contributed by atoms with Crippen LogP contribution in [0.2, 0.25) is 0 Å². The Morgan fingerprint density at radius 1 is 1.88 bits per heavy atom. The van der Waals surface area contributed by atoms with Crippen LogP contribution in [0.5, 0.6) is 0 Å². The third-order valence-electron chi connectivity index (χ3n) is 0.620. The van der Waals surface area contributed by atoms with Crippen molar-refractivity contribution in [3.8, 4) is 0 Å². The summed E-state index contributed by atoms with van der Waals surface area (Å²) in [7, 11) is 0. The van der Waals surface area contributed by atoms with Crippen LogP contribution in [0.4, 0.5) is 0 Å². The molecule has 0 amide bonds. The van der Waals surface area contributed by atoms with Crippen molar-refractivity contribution in [2.75, 3.05) is 0 Å². The highest BCUT2D eigenvalue weighted by Crippen LogP contribution is 1.80. The van der Waals surface area contributed by atoms with Crippen molar-refractivity contribution < 1.29 is 14.7 Å². The molecule has 0 aromatic rings. The van der Waals surface area contributed by atoms with E-state index in [-0.39, 0.29) is 6.42 Å². The summed E-state index contributed by atoms with van der Waals surface area (Å²) < 4.78 is 0. The normalized spacial score (nSPS) is 12.6. The zero-order valence-electron chi connectivity index (χ0n) is 4.13. The first kappa shape index (κ1) is 7.10. The highest BCUT2D eigenvalue weighted by Gasteiger charge is 2.09. The van der Waals surface area contributed by atoms with Crippen LogP contribution in [0.3, 0.4) is 0 Å². The Hall–Kier alpha value is -0.900. The minimum atomic E-state index is -1.17. The van der Waals surface area contributed by atoms with Crippen LogP contribution in [0, 0.1) is 0 Å². The van der Waals surface area contributed by atoms with E-state index >= 15 is 0 Å². The van der Waals surface area contributed by atoms with Gasteiger partial charge in [0.05, 0.1) is 0 Å². The lowest BCUT2D eigenvalue weighted by molar-refractivity contribution is -0.138. The molecule has 0 saturated carbocycles. The summed E-state index contributed by atoms with van der Waals surface area (Å²) >= 11 is 0. The van der Waals surface area contributed by atoms with Gasteiger partial charge in [-0.3, -0.25) is 9.59 Å². The first-order valence-corrected chi connectivity index (χ1v) is 2.02. The number of carboxylic acid groups (broad SMARTS) is 1. The van der Waals surface area contributed by atoms with Gasteiger partial charge in [0.2, 0.25) is 6.29 Å². The van der Waals surface area contributed by atoms with Gasteiger partial charge in [-0.2, -0.15) is 0 Å². The van der Waals surface area contributed by atoms with Gasteiger partial charge in [0.15, 0.2) is 0 Å². The van der Waals surface area contributed by atoms with Crippen molar-refractivity contribution in [2.45, 2.75) is 12.5 Å². The Kier molecular flexibility index (Phi) is 2.79. The molecule has 0 aliphatic rings. The number of carbonyl (C=O) groups is 1. The Morgan fingerprint density at radius 2 is 2.38 bits per heavy atom. The first-order chi connectivity index (χ1) is 3.68. The quantitative estimate of drug-likeness (QED) is 0.490. The van der Waals surface area contributed by atoms with E-state index in [2.05, 4.69) is 0 Å². The molecule has 0 aliphatic carbocycles. The number of rotatable bonds is 3. The van der Waals surface area contributed by atoms with Crippen molar-refractivity contribution in [2.24, 2.45) is 5.73 Å². The SMILES string of the molecule is N[C@@H](C[C]=O)C(=O)O. The largest absolute Gasteiger partial charge is 0.480 e. The fourth-order valence-corrected chi connectivity index (χ4v) is 0.177. The molecule has 4 nitrogen and oxygen atoms in total. The second kappa shape index (κ2) is 3.15. The minimum Gasteiger partial charge on any atom is -0.480 e. The predicted molar refractivity (Wildman–Crippen MR) is 25.9 cm³/mol. The molecule has 1 atom stereocenters. The van der Waals surface area contributed by atoms with Crippen LogP contribution in [-0.2, 0) is 9.59 Å². The fraction of sp³-hybridized carbons (Fsp3) is 0.500. The molecule has 0 bridgehead atoms. The maximum absolute atomic E-state index is 9.79.